The third-order valence-corrected chi connectivity index (χ3v) is 4.17. The maximum Gasteiger partial charge on any atom is 0.243 e. The molecule has 0 amide bonds. The number of rotatable bonds is 4. The van der Waals surface area contributed by atoms with Crippen molar-refractivity contribution in [1.82, 2.24) is 15.0 Å². The Kier molecular flexibility index (Phi) is 4.35. The number of hydrazine groups is 1. The highest BCUT2D eigenvalue weighted by molar-refractivity contribution is 5.44. The summed E-state index contributed by atoms with van der Waals surface area (Å²) in [7, 11) is 0. The minimum absolute atomic E-state index is 0.164. The van der Waals surface area contributed by atoms with E-state index in [0.717, 1.165) is 38.8 Å². The number of aliphatic hydroxyl groups is 1. The number of hydrogen-bond acceptors (Lipinski definition) is 8. The smallest absolute Gasteiger partial charge is 0.243 e. The van der Waals surface area contributed by atoms with E-state index in [1.54, 1.807) is 0 Å². The van der Waals surface area contributed by atoms with E-state index >= 15 is 0 Å². The first-order valence-electron chi connectivity index (χ1n) is 7.67. The van der Waals surface area contributed by atoms with E-state index in [0.29, 0.717) is 23.9 Å². The molecule has 1 saturated carbocycles. The van der Waals surface area contributed by atoms with Gasteiger partial charge < -0.3 is 15.3 Å². The summed E-state index contributed by atoms with van der Waals surface area (Å²) in [5, 5.41) is 12.9. The highest BCUT2D eigenvalue weighted by Crippen LogP contribution is 2.23. The highest BCUT2D eigenvalue weighted by atomic mass is 16.3. The summed E-state index contributed by atoms with van der Waals surface area (Å²) in [4.78, 5) is 15.3. The number of nitrogens with zero attached hydrogens (tertiary/aromatic N) is 4. The van der Waals surface area contributed by atoms with Crippen molar-refractivity contribution in [3.05, 3.63) is 0 Å². The third kappa shape index (κ3) is 3.51. The van der Waals surface area contributed by atoms with Crippen LogP contribution in [0.25, 0.3) is 0 Å². The fourth-order valence-electron chi connectivity index (χ4n) is 2.96. The lowest BCUT2D eigenvalue weighted by molar-refractivity contribution is 0.126. The zero-order valence-electron chi connectivity index (χ0n) is 12.1. The van der Waals surface area contributed by atoms with E-state index in [-0.39, 0.29) is 6.10 Å². The summed E-state index contributed by atoms with van der Waals surface area (Å²) >= 11 is 0. The number of nitrogens with two attached hydrogens (primary N) is 1. The lowest BCUT2D eigenvalue weighted by Gasteiger charge is -2.26. The second-order valence-corrected chi connectivity index (χ2v) is 5.77. The van der Waals surface area contributed by atoms with Gasteiger partial charge in [0.25, 0.3) is 0 Å². The van der Waals surface area contributed by atoms with E-state index in [1.165, 1.54) is 12.8 Å². The van der Waals surface area contributed by atoms with E-state index in [2.05, 4.69) is 30.6 Å². The van der Waals surface area contributed by atoms with Crippen molar-refractivity contribution in [2.75, 3.05) is 28.7 Å². The fraction of sp³-hybridized carbons (Fsp3) is 0.769. The monoisotopic (exact) mass is 293 g/mol. The molecule has 1 aliphatic heterocycles. The topological polar surface area (TPSA) is 112 Å². The van der Waals surface area contributed by atoms with Gasteiger partial charge in [-0.1, -0.05) is 0 Å². The normalized spacial score (nSPS) is 25.9. The third-order valence-electron chi connectivity index (χ3n) is 4.17. The lowest BCUT2D eigenvalue weighted by atomic mass is 9.93. The first-order valence-corrected chi connectivity index (χ1v) is 7.67. The molecule has 1 aromatic heterocycles. The Labute approximate surface area is 124 Å². The standard InChI is InChI=1S/C13H23N7O/c14-19-12-16-11(15-9-3-5-10(21)6-4-9)17-13(18-12)20-7-1-2-8-20/h9-10,21H,1-8,14H2,(H2,15,16,17,18,19). The number of aromatic nitrogens is 3. The van der Waals surface area contributed by atoms with Crippen LogP contribution in [0.4, 0.5) is 17.8 Å². The zero-order valence-corrected chi connectivity index (χ0v) is 12.1. The van der Waals surface area contributed by atoms with Crippen LogP contribution >= 0.6 is 0 Å². The van der Waals surface area contributed by atoms with Crippen LogP contribution < -0.4 is 21.5 Å². The Morgan fingerprint density at radius 3 is 2.33 bits per heavy atom. The summed E-state index contributed by atoms with van der Waals surface area (Å²) in [6.45, 7) is 1.95. The quantitative estimate of drug-likeness (QED) is 0.468. The lowest BCUT2D eigenvalue weighted by Crippen LogP contribution is -2.30. The number of nitrogens with one attached hydrogen (secondary N) is 2. The predicted molar refractivity (Wildman–Crippen MR) is 81.0 cm³/mol. The molecule has 8 nitrogen and oxygen atoms in total. The van der Waals surface area contributed by atoms with E-state index < -0.39 is 0 Å². The second-order valence-electron chi connectivity index (χ2n) is 5.77. The second kappa shape index (κ2) is 6.40. The van der Waals surface area contributed by atoms with Crippen LogP contribution in [0.15, 0.2) is 0 Å². The van der Waals surface area contributed by atoms with Crippen LogP contribution in [0.1, 0.15) is 38.5 Å². The zero-order chi connectivity index (χ0) is 14.7. The van der Waals surface area contributed by atoms with Crippen LogP contribution in [0.2, 0.25) is 0 Å². The number of anilines is 3. The molecule has 0 bridgehead atoms. The van der Waals surface area contributed by atoms with E-state index in [9.17, 15) is 5.11 Å². The first-order chi connectivity index (χ1) is 10.2. The van der Waals surface area contributed by atoms with Crippen molar-refractivity contribution in [2.45, 2.75) is 50.7 Å². The molecule has 0 unspecified atom stereocenters. The first kappa shape index (κ1) is 14.3. The van der Waals surface area contributed by atoms with Gasteiger partial charge in [-0.2, -0.15) is 15.0 Å². The molecule has 21 heavy (non-hydrogen) atoms. The van der Waals surface area contributed by atoms with Gasteiger partial charge in [-0.3, -0.25) is 5.43 Å². The van der Waals surface area contributed by atoms with Gasteiger partial charge in [-0.05, 0) is 38.5 Å². The molecule has 0 radical (unpaired) electrons. The van der Waals surface area contributed by atoms with Gasteiger partial charge in [0.05, 0.1) is 6.10 Å². The largest absolute Gasteiger partial charge is 0.393 e. The van der Waals surface area contributed by atoms with Crippen molar-refractivity contribution in [1.29, 1.82) is 0 Å². The van der Waals surface area contributed by atoms with Crippen LogP contribution in [-0.2, 0) is 0 Å². The molecule has 5 N–H and O–H groups in total. The van der Waals surface area contributed by atoms with Crippen molar-refractivity contribution < 1.29 is 5.11 Å². The number of aliphatic hydroxyl groups excluding tert-OH is 1. The maximum atomic E-state index is 9.56. The van der Waals surface area contributed by atoms with Crippen molar-refractivity contribution in [2.24, 2.45) is 5.84 Å². The van der Waals surface area contributed by atoms with Gasteiger partial charge >= 0.3 is 0 Å². The predicted octanol–water partition coefficient (Wildman–Crippen LogP) is 0.473. The molecule has 8 heteroatoms. The molecule has 1 saturated heterocycles. The molecule has 2 fully saturated rings. The molecule has 1 aromatic rings. The van der Waals surface area contributed by atoms with Crippen LogP contribution in [0.5, 0.6) is 0 Å². The fourth-order valence-corrected chi connectivity index (χ4v) is 2.96. The summed E-state index contributed by atoms with van der Waals surface area (Å²) in [5.74, 6) is 7.07. The molecular weight excluding hydrogens is 270 g/mol. The SMILES string of the molecule is NNc1nc(NC2CCC(O)CC2)nc(N2CCCC2)n1. The highest BCUT2D eigenvalue weighted by Gasteiger charge is 2.22. The minimum Gasteiger partial charge on any atom is -0.393 e. The summed E-state index contributed by atoms with van der Waals surface area (Å²) in [6, 6.07) is 0.299. The van der Waals surface area contributed by atoms with Gasteiger partial charge in [0.1, 0.15) is 0 Å². The molecule has 1 aliphatic carbocycles. The van der Waals surface area contributed by atoms with Crippen molar-refractivity contribution >= 4 is 17.8 Å². The number of nitrogen functional groups attached to an aromatic ring is 1. The maximum absolute atomic E-state index is 9.56. The average molecular weight is 293 g/mol. The molecular formula is C13H23N7O. The summed E-state index contributed by atoms with van der Waals surface area (Å²) in [5.41, 5.74) is 2.51. The van der Waals surface area contributed by atoms with Gasteiger partial charge in [0, 0.05) is 19.1 Å². The van der Waals surface area contributed by atoms with Crippen molar-refractivity contribution in [3.63, 3.8) is 0 Å². The van der Waals surface area contributed by atoms with Crippen LogP contribution in [0, 0.1) is 0 Å². The molecule has 0 aromatic carbocycles. The Morgan fingerprint density at radius 1 is 1.00 bits per heavy atom. The summed E-state index contributed by atoms with van der Waals surface area (Å²) in [6.07, 6.45) is 5.67. The molecule has 0 spiro atoms. The van der Waals surface area contributed by atoms with Crippen molar-refractivity contribution in [3.8, 4) is 0 Å². The van der Waals surface area contributed by atoms with Crippen LogP contribution in [-0.4, -0.2) is 45.3 Å². The Bertz CT molecular complexity index is 470. The Balaban J connectivity index is 1.72. The minimum atomic E-state index is -0.164. The Morgan fingerprint density at radius 2 is 1.67 bits per heavy atom. The number of hydrogen-bond donors (Lipinski definition) is 4. The van der Waals surface area contributed by atoms with Gasteiger partial charge in [0.2, 0.25) is 17.8 Å². The molecule has 2 heterocycles. The molecule has 0 atom stereocenters. The van der Waals surface area contributed by atoms with Gasteiger partial charge in [0.15, 0.2) is 0 Å². The average Bonchev–Trinajstić information content (AvgIpc) is 3.04. The molecule has 116 valence electrons. The molecule has 3 rings (SSSR count). The molecule has 2 aliphatic rings. The van der Waals surface area contributed by atoms with Crippen LogP contribution in [0.3, 0.4) is 0 Å². The Hall–Kier alpha value is -1.67. The van der Waals surface area contributed by atoms with Gasteiger partial charge in [-0.15, -0.1) is 0 Å². The van der Waals surface area contributed by atoms with E-state index in [1.807, 2.05) is 0 Å². The van der Waals surface area contributed by atoms with Gasteiger partial charge in [-0.25, -0.2) is 5.84 Å². The van der Waals surface area contributed by atoms with E-state index in [4.69, 9.17) is 5.84 Å². The summed E-state index contributed by atoms with van der Waals surface area (Å²) < 4.78 is 0.